The number of esters is 1. The van der Waals surface area contributed by atoms with Crippen LogP contribution >= 0.6 is 11.3 Å². The van der Waals surface area contributed by atoms with E-state index in [0.29, 0.717) is 10.4 Å². The Bertz CT molecular complexity index is 848. The molecule has 0 saturated heterocycles. The molecule has 2 heterocycles. The van der Waals surface area contributed by atoms with E-state index in [0.717, 1.165) is 10.9 Å². The number of fused-ring (bicyclic) bond motifs is 1. The van der Waals surface area contributed by atoms with Crippen molar-refractivity contribution >= 4 is 34.0 Å². The molecule has 0 aliphatic rings. The Morgan fingerprint density at radius 2 is 2.05 bits per heavy atom. The molecule has 0 unspecified atom stereocenters. The summed E-state index contributed by atoms with van der Waals surface area (Å²) in [7, 11) is 1.29. The van der Waals surface area contributed by atoms with Gasteiger partial charge in [-0.05, 0) is 13.0 Å². The number of ether oxygens (including phenoxy) is 1. The standard InChI is InChI=1S/C15H12N2O3S/c1-8-12(15(19)20-2)17-14(21-8)13(18)10-7-16-11-6-4-3-5-9(10)11/h3-7,16H,1-2H3. The second-order valence-corrected chi connectivity index (χ2v) is 5.70. The average Bonchev–Trinajstić information content (AvgIpc) is 3.09. The zero-order valence-electron chi connectivity index (χ0n) is 11.5. The Balaban J connectivity index is 2.05. The zero-order chi connectivity index (χ0) is 15.0. The summed E-state index contributed by atoms with van der Waals surface area (Å²) in [6.07, 6.45) is 1.67. The molecule has 0 fully saturated rings. The van der Waals surface area contributed by atoms with Gasteiger partial charge in [-0.15, -0.1) is 11.3 Å². The smallest absolute Gasteiger partial charge is 0.357 e. The van der Waals surface area contributed by atoms with E-state index in [2.05, 4.69) is 14.7 Å². The van der Waals surface area contributed by atoms with Gasteiger partial charge in [-0.3, -0.25) is 4.79 Å². The van der Waals surface area contributed by atoms with Crippen LogP contribution < -0.4 is 0 Å². The van der Waals surface area contributed by atoms with E-state index >= 15 is 0 Å². The van der Waals surface area contributed by atoms with Gasteiger partial charge in [-0.25, -0.2) is 9.78 Å². The largest absolute Gasteiger partial charge is 0.464 e. The summed E-state index contributed by atoms with van der Waals surface area (Å²) < 4.78 is 4.66. The summed E-state index contributed by atoms with van der Waals surface area (Å²) in [4.78, 5) is 32.0. The van der Waals surface area contributed by atoms with Crippen LogP contribution in [-0.2, 0) is 4.74 Å². The van der Waals surface area contributed by atoms with Gasteiger partial charge < -0.3 is 9.72 Å². The number of para-hydroxylation sites is 1. The number of benzene rings is 1. The van der Waals surface area contributed by atoms with Crippen LogP contribution in [0.25, 0.3) is 10.9 Å². The third-order valence-corrected chi connectivity index (χ3v) is 4.17. The lowest BCUT2D eigenvalue weighted by Gasteiger charge is -1.95. The van der Waals surface area contributed by atoms with Gasteiger partial charge in [-0.2, -0.15) is 0 Å². The van der Waals surface area contributed by atoms with Crippen LogP contribution in [0.3, 0.4) is 0 Å². The summed E-state index contributed by atoms with van der Waals surface area (Å²) in [6.45, 7) is 1.75. The number of ketones is 1. The number of aromatic nitrogens is 2. The number of aryl methyl sites for hydroxylation is 1. The Morgan fingerprint density at radius 3 is 2.81 bits per heavy atom. The number of nitrogens with one attached hydrogen (secondary N) is 1. The van der Waals surface area contributed by atoms with Gasteiger partial charge >= 0.3 is 5.97 Å². The SMILES string of the molecule is COC(=O)c1nc(C(=O)c2c[nH]c3ccccc23)sc1C. The highest BCUT2D eigenvalue weighted by Gasteiger charge is 2.22. The van der Waals surface area contributed by atoms with Crippen molar-refractivity contribution in [2.45, 2.75) is 6.92 Å². The number of methoxy groups -OCH3 is 1. The van der Waals surface area contributed by atoms with E-state index in [1.807, 2.05) is 24.3 Å². The molecule has 0 aliphatic carbocycles. The monoisotopic (exact) mass is 300 g/mol. The van der Waals surface area contributed by atoms with E-state index < -0.39 is 5.97 Å². The molecule has 0 amide bonds. The molecule has 21 heavy (non-hydrogen) atoms. The van der Waals surface area contributed by atoms with Gasteiger partial charge in [0.2, 0.25) is 5.78 Å². The molecule has 1 aromatic carbocycles. The van der Waals surface area contributed by atoms with Crippen LogP contribution in [0, 0.1) is 6.92 Å². The third kappa shape index (κ3) is 2.23. The summed E-state index contributed by atoms with van der Waals surface area (Å²) in [6, 6.07) is 7.55. The lowest BCUT2D eigenvalue weighted by Crippen LogP contribution is -2.05. The Morgan fingerprint density at radius 1 is 1.29 bits per heavy atom. The van der Waals surface area contributed by atoms with E-state index in [1.165, 1.54) is 18.4 Å². The highest BCUT2D eigenvalue weighted by Crippen LogP contribution is 2.25. The highest BCUT2D eigenvalue weighted by atomic mass is 32.1. The van der Waals surface area contributed by atoms with Gasteiger partial charge in [0.1, 0.15) is 0 Å². The first-order chi connectivity index (χ1) is 10.1. The Labute approximate surface area is 124 Å². The molecule has 0 radical (unpaired) electrons. The van der Waals surface area contributed by atoms with E-state index in [-0.39, 0.29) is 16.5 Å². The minimum Gasteiger partial charge on any atom is -0.464 e. The van der Waals surface area contributed by atoms with Crippen molar-refractivity contribution in [1.82, 2.24) is 9.97 Å². The van der Waals surface area contributed by atoms with Crippen LogP contribution in [0.1, 0.15) is 30.7 Å². The molecule has 5 nitrogen and oxygen atoms in total. The molecule has 0 spiro atoms. The van der Waals surface area contributed by atoms with Gasteiger partial charge in [0.15, 0.2) is 10.7 Å². The summed E-state index contributed by atoms with van der Waals surface area (Å²) in [5.41, 5.74) is 1.64. The van der Waals surface area contributed by atoms with Crippen molar-refractivity contribution in [3.05, 3.63) is 51.6 Å². The quantitative estimate of drug-likeness (QED) is 0.596. The highest BCUT2D eigenvalue weighted by molar-refractivity contribution is 7.14. The summed E-state index contributed by atoms with van der Waals surface area (Å²) in [5.74, 6) is -0.725. The van der Waals surface area contributed by atoms with Crippen molar-refractivity contribution in [3.8, 4) is 0 Å². The van der Waals surface area contributed by atoms with Crippen LogP contribution in [0.4, 0.5) is 0 Å². The fraction of sp³-hybridized carbons (Fsp3) is 0.133. The van der Waals surface area contributed by atoms with E-state index in [9.17, 15) is 9.59 Å². The Kier molecular flexibility index (Phi) is 3.31. The molecule has 0 saturated carbocycles. The molecule has 106 valence electrons. The van der Waals surface area contributed by atoms with Crippen LogP contribution in [0.15, 0.2) is 30.5 Å². The lowest BCUT2D eigenvalue weighted by molar-refractivity contribution is 0.0594. The fourth-order valence-corrected chi connectivity index (χ4v) is 3.01. The number of nitrogens with zero attached hydrogens (tertiary/aromatic N) is 1. The molecule has 3 rings (SSSR count). The summed E-state index contributed by atoms with van der Waals surface area (Å²) >= 11 is 1.20. The zero-order valence-corrected chi connectivity index (χ0v) is 12.3. The molecule has 6 heteroatoms. The topological polar surface area (TPSA) is 72.0 Å². The van der Waals surface area contributed by atoms with Gasteiger partial charge in [0.25, 0.3) is 0 Å². The maximum atomic E-state index is 12.6. The maximum absolute atomic E-state index is 12.6. The molecule has 0 atom stereocenters. The van der Waals surface area contributed by atoms with Gasteiger partial charge in [0, 0.05) is 22.0 Å². The predicted octanol–water partition coefficient (Wildman–Crippen LogP) is 2.95. The third-order valence-electron chi connectivity index (χ3n) is 3.20. The second-order valence-electron chi connectivity index (χ2n) is 4.49. The van der Waals surface area contributed by atoms with E-state index in [4.69, 9.17) is 0 Å². The average molecular weight is 300 g/mol. The number of hydrogen-bond acceptors (Lipinski definition) is 5. The van der Waals surface area contributed by atoms with Crippen LogP contribution in [-0.4, -0.2) is 28.8 Å². The van der Waals surface area contributed by atoms with Crippen molar-refractivity contribution < 1.29 is 14.3 Å². The molecule has 0 bridgehead atoms. The van der Waals surface area contributed by atoms with Gasteiger partial charge in [-0.1, -0.05) is 18.2 Å². The first kappa shape index (κ1) is 13.5. The number of aromatic amines is 1. The number of hydrogen-bond donors (Lipinski definition) is 1. The van der Waals surface area contributed by atoms with E-state index in [1.54, 1.807) is 13.1 Å². The van der Waals surface area contributed by atoms with Crippen molar-refractivity contribution in [2.75, 3.05) is 7.11 Å². The molecule has 3 aromatic rings. The lowest BCUT2D eigenvalue weighted by atomic mass is 10.1. The number of thiazole rings is 1. The minimum atomic E-state index is -0.526. The number of H-pyrrole nitrogens is 1. The predicted molar refractivity (Wildman–Crippen MR) is 79.9 cm³/mol. The normalized spacial score (nSPS) is 10.8. The van der Waals surface area contributed by atoms with Crippen molar-refractivity contribution in [3.63, 3.8) is 0 Å². The molecule has 1 N–H and O–H groups in total. The first-order valence-corrected chi connectivity index (χ1v) is 7.10. The minimum absolute atomic E-state index is 0.198. The second kappa shape index (κ2) is 5.14. The maximum Gasteiger partial charge on any atom is 0.357 e. The van der Waals surface area contributed by atoms with Crippen molar-refractivity contribution in [2.24, 2.45) is 0 Å². The Hall–Kier alpha value is -2.47. The number of carbonyl (C=O) groups is 2. The number of rotatable bonds is 3. The number of carbonyl (C=O) groups excluding carboxylic acids is 2. The van der Waals surface area contributed by atoms with Crippen LogP contribution in [0.2, 0.25) is 0 Å². The van der Waals surface area contributed by atoms with Crippen molar-refractivity contribution in [1.29, 1.82) is 0 Å². The fourth-order valence-electron chi connectivity index (χ4n) is 2.15. The van der Waals surface area contributed by atoms with Gasteiger partial charge in [0.05, 0.1) is 12.7 Å². The van der Waals surface area contributed by atoms with Crippen LogP contribution in [0.5, 0.6) is 0 Å². The summed E-state index contributed by atoms with van der Waals surface area (Å²) in [5, 5.41) is 1.13. The first-order valence-electron chi connectivity index (χ1n) is 6.28. The molecular formula is C15H12N2O3S. The molecule has 0 aliphatic heterocycles. The molecular weight excluding hydrogens is 288 g/mol. The molecule has 2 aromatic heterocycles.